The van der Waals surface area contributed by atoms with Crippen molar-refractivity contribution in [3.05, 3.63) is 65.4 Å². The number of fused-ring (bicyclic) bond motifs is 1. The first-order chi connectivity index (χ1) is 30.3. The van der Waals surface area contributed by atoms with E-state index in [1.165, 1.54) is 22.3 Å². The zero-order chi connectivity index (χ0) is 45.7. The number of likely N-dealkylation sites (tertiary alicyclic amines) is 1. The molecule has 2 aliphatic rings. The van der Waals surface area contributed by atoms with Gasteiger partial charge in [-0.3, -0.25) is 34.0 Å². The molecule has 0 radical (unpaired) electrons. The van der Waals surface area contributed by atoms with Gasteiger partial charge in [-0.1, -0.05) is 45.6 Å². The number of hydrogen-bond donors (Lipinski definition) is 2. The van der Waals surface area contributed by atoms with E-state index in [9.17, 15) is 24.0 Å². The monoisotopic (exact) mass is 885 g/mol. The van der Waals surface area contributed by atoms with Crippen molar-refractivity contribution in [1.82, 2.24) is 45.3 Å². The third-order valence-electron chi connectivity index (χ3n) is 11.3. The van der Waals surface area contributed by atoms with E-state index in [4.69, 9.17) is 9.47 Å². The van der Waals surface area contributed by atoms with Crippen molar-refractivity contribution in [3.63, 3.8) is 0 Å². The lowest BCUT2D eigenvalue weighted by atomic mass is 9.84. The van der Waals surface area contributed by atoms with Crippen LogP contribution < -0.4 is 10.7 Å². The molecule has 340 valence electrons. The molecule has 1 aromatic carbocycles. The van der Waals surface area contributed by atoms with Crippen LogP contribution in [0.1, 0.15) is 76.6 Å². The summed E-state index contributed by atoms with van der Waals surface area (Å²) in [4.78, 5) is 68.8. The Balaban J connectivity index is 0.000000738. The Hall–Kier alpha value is -5.52. The van der Waals surface area contributed by atoms with Crippen molar-refractivity contribution in [3.8, 4) is 21.8 Å². The van der Waals surface area contributed by atoms with Gasteiger partial charge in [-0.2, -0.15) is 0 Å². The van der Waals surface area contributed by atoms with Crippen molar-refractivity contribution in [2.75, 3.05) is 46.9 Å². The molecule has 63 heavy (non-hydrogen) atoms. The zero-order valence-corrected chi connectivity index (χ0v) is 38.5. The van der Waals surface area contributed by atoms with Crippen LogP contribution in [0.15, 0.2) is 49.2 Å². The third kappa shape index (κ3) is 12.1. The minimum Gasteiger partial charge on any atom is -0.467 e. The normalized spacial score (nSPS) is 15.0. The number of aromatic nitrogens is 4. The maximum Gasteiger partial charge on any atom is 0.293 e. The van der Waals surface area contributed by atoms with Crippen molar-refractivity contribution < 1.29 is 33.4 Å². The third-order valence-corrected chi connectivity index (χ3v) is 12.3. The second-order valence-corrected chi connectivity index (χ2v) is 18.1. The number of amides is 4. The highest BCUT2D eigenvalue weighted by molar-refractivity contribution is 7.14. The molecule has 2 unspecified atom stereocenters. The average molecular weight is 886 g/mol. The number of nitrogens with zero attached hydrogens (tertiary/aromatic N) is 7. The summed E-state index contributed by atoms with van der Waals surface area (Å²) in [7, 11) is 3.22. The predicted molar refractivity (Wildman–Crippen MR) is 243 cm³/mol. The Labute approximate surface area is 374 Å². The van der Waals surface area contributed by atoms with Crippen LogP contribution in [0.2, 0.25) is 0 Å². The number of methoxy groups -OCH3 is 1. The fraction of sp³-hybridized carbons (Fsp3) is 0.522. The smallest absolute Gasteiger partial charge is 0.293 e. The molecule has 2 atom stereocenters. The number of rotatable bonds is 19. The van der Waals surface area contributed by atoms with Crippen molar-refractivity contribution >= 4 is 52.8 Å². The van der Waals surface area contributed by atoms with Gasteiger partial charge in [0.15, 0.2) is 0 Å². The van der Waals surface area contributed by atoms with Gasteiger partial charge in [-0.15, -0.1) is 10.2 Å². The second-order valence-electron chi connectivity index (χ2n) is 17.0. The Morgan fingerprint density at radius 1 is 1.08 bits per heavy atom. The topological polar surface area (TPSA) is 181 Å². The van der Waals surface area contributed by atoms with Crippen LogP contribution in [0, 0.1) is 11.3 Å². The van der Waals surface area contributed by atoms with Crippen LogP contribution in [0.25, 0.3) is 32.7 Å². The number of ether oxygens (including phenoxy) is 2. The molecular formula is C46H63N9O7S. The van der Waals surface area contributed by atoms with Gasteiger partial charge in [0.05, 0.1) is 24.6 Å². The average Bonchev–Trinajstić information content (AvgIpc) is 4.06. The highest BCUT2D eigenvalue weighted by atomic mass is 32.1. The number of likely N-dealkylation sites (N-methyl/N-ethyl adjacent to an activating group) is 1. The molecule has 0 saturated carbocycles. The lowest BCUT2D eigenvalue weighted by Gasteiger charge is -2.33. The number of benzene rings is 1. The van der Waals surface area contributed by atoms with E-state index in [1.807, 2.05) is 30.9 Å². The van der Waals surface area contributed by atoms with Crippen LogP contribution in [-0.4, -0.2) is 124 Å². The minimum absolute atomic E-state index is 0.0764. The molecule has 4 aromatic rings. The lowest BCUT2D eigenvalue weighted by Crippen LogP contribution is -2.58. The summed E-state index contributed by atoms with van der Waals surface area (Å²) in [6, 6.07) is 8.57. The van der Waals surface area contributed by atoms with Gasteiger partial charge < -0.3 is 29.2 Å². The molecule has 3 aromatic heterocycles. The molecule has 4 amide bonds. The number of hydrogen-bond acceptors (Lipinski definition) is 12. The van der Waals surface area contributed by atoms with E-state index < -0.39 is 18.0 Å². The quantitative estimate of drug-likeness (QED) is 0.0935. The van der Waals surface area contributed by atoms with Crippen molar-refractivity contribution in [2.24, 2.45) is 11.3 Å². The first kappa shape index (κ1) is 48.5. The van der Waals surface area contributed by atoms with E-state index in [-0.39, 0.29) is 36.2 Å². The first-order valence-corrected chi connectivity index (χ1v) is 22.5. The summed E-state index contributed by atoms with van der Waals surface area (Å²) < 4.78 is 13.1. The van der Waals surface area contributed by atoms with Crippen LogP contribution in [-0.2, 0) is 59.4 Å². The van der Waals surface area contributed by atoms with Gasteiger partial charge in [0.1, 0.15) is 22.1 Å². The summed E-state index contributed by atoms with van der Waals surface area (Å²) in [5.41, 5.74) is 8.58. The molecule has 6 rings (SSSR count). The summed E-state index contributed by atoms with van der Waals surface area (Å²) in [6.07, 6.45) is 8.62. The van der Waals surface area contributed by atoms with E-state index in [0.29, 0.717) is 55.6 Å². The van der Waals surface area contributed by atoms with Crippen LogP contribution >= 0.6 is 11.3 Å². The lowest BCUT2D eigenvalue weighted by molar-refractivity contribution is -0.142. The van der Waals surface area contributed by atoms with Crippen LogP contribution in [0.4, 0.5) is 0 Å². The van der Waals surface area contributed by atoms with Crippen molar-refractivity contribution in [2.45, 2.75) is 98.4 Å². The summed E-state index contributed by atoms with van der Waals surface area (Å²) in [5.74, 6) is -0.766. The largest absolute Gasteiger partial charge is 0.467 e. The van der Waals surface area contributed by atoms with Gasteiger partial charge in [0.2, 0.25) is 18.2 Å². The predicted octanol–water partition coefficient (Wildman–Crippen LogP) is 5.19. The molecule has 2 aliphatic heterocycles. The maximum absolute atomic E-state index is 13.8. The first-order valence-electron chi connectivity index (χ1n) is 21.7. The maximum atomic E-state index is 13.8. The highest BCUT2D eigenvalue weighted by Gasteiger charge is 2.34. The fourth-order valence-corrected chi connectivity index (χ4v) is 9.19. The summed E-state index contributed by atoms with van der Waals surface area (Å²) in [6.45, 7) is 18.2. The molecule has 17 heteroatoms. The van der Waals surface area contributed by atoms with E-state index in [2.05, 4.69) is 76.0 Å². The number of hydrazine groups is 1. The molecule has 2 fully saturated rings. The molecule has 2 N–H and O–H groups in total. The molecule has 0 bridgehead atoms. The molecule has 5 heterocycles. The van der Waals surface area contributed by atoms with Crippen LogP contribution in [0.3, 0.4) is 0 Å². The van der Waals surface area contributed by atoms with Gasteiger partial charge in [0, 0.05) is 86.9 Å². The molecule has 0 spiro atoms. The van der Waals surface area contributed by atoms with Gasteiger partial charge in [-0.05, 0) is 86.9 Å². The number of aryl methyl sites for hydroxylation is 1. The van der Waals surface area contributed by atoms with E-state index >= 15 is 0 Å². The van der Waals surface area contributed by atoms with E-state index in [1.54, 1.807) is 25.4 Å². The van der Waals surface area contributed by atoms with Gasteiger partial charge in [-0.25, -0.2) is 5.43 Å². The second kappa shape index (κ2) is 22.7. The Morgan fingerprint density at radius 2 is 1.83 bits per heavy atom. The van der Waals surface area contributed by atoms with Gasteiger partial charge in [0.25, 0.3) is 12.4 Å². The Bertz CT molecular complexity index is 2210. The molecular weight excluding hydrogens is 823 g/mol. The highest BCUT2D eigenvalue weighted by Crippen LogP contribution is 2.41. The Kier molecular flexibility index (Phi) is 17.5. The fourth-order valence-electron chi connectivity index (χ4n) is 8.31. The molecule has 2 saturated heterocycles. The molecule has 0 aliphatic carbocycles. The SMILES string of the molecule is C=CC(=O)N1CCCC1.CCn1c(-c2cccnc2COC)c(CC(C)(C)COC=O)c2cc(-c3nnc(CC(NC(=O)C(C(C)C)N(C)C=O)C(=O)N4CCCCN4)s3)ccc21. The van der Waals surface area contributed by atoms with Crippen LogP contribution in [0.5, 0.6) is 0 Å². The van der Waals surface area contributed by atoms with Crippen molar-refractivity contribution in [1.29, 1.82) is 0 Å². The Morgan fingerprint density at radius 3 is 2.46 bits per heavy atom. The number of carbonyl (C=O) groups is 5. The minimum atomic E-state index is -0.919. The zero-order valence-electron chi connectivity index (χ0n) is 37.7. The van der Waals surface area contributed by atoms with Gasteiger partial charge >= 0.3 is 0 Å². The molecule has 16 nitrogen and oxygen atoms in total. The number of nitrogens with one attached hydrogen (secondary N) is 2. The summed E-state index contributed by atoms with van der Waals surface area (Å²) in [5, 5.41) is 15.9. The number of carbonyl (C=O) groups excluding carboxylic acids is 5. The standard InChI is InChI=1S/C39H52N8O6S.C7H11NO/c1-8-46-32-14-13-26(18-28(32)29(20-39(4,5)22-53-24-49)35(46)27-12-11-15-40-31(27)21-52-7)37-44-43-33(54-37)19-30(38(51)47-17-10-9-16-41-47)42-36(50)34(25(2)3)45(6)23-48;1-2-7(9)8-5-3-4-6-8/h11-15,18,23-25,30,34,41H,8-10,16-17,19-22H2,1-7H3,(H,42,50);2H,1,3-6H2. The summed E-state index contributed by atoms with van der Waals surface area (Å²) >= 11 is 1.37. The number of pyridine rings is 1. The van der Waals surface area contributed by atoms with E-state index in [0.717, 1.165) is 77.8 Å².